The number of ether oxygens (including phenoxy) is 1. The first-order chi connectivity index (χ1) is 12.2. The zero-order valence-corrected chi connectivity index (χ0v) is 14.5. The van der Waals surface area contributed by atoms with Crippen molar-refractivity contribution < 1.29 is 9.53 Å². The lowest BCUT2D eigenvalue weighted by Crippen LogP contribution is -2.11. The Hall–Kier alpha value is -2.94. The number of rotatable bonds is 5. The second-order valence-electron chi connectivity index (χ2n) is 5.90. The highest BCUT2D eigenvalue weighted by atomic mass is 16.5. The van der Waals surface area contributed by atoms with Crippen molar-refractivity contribution in [2.24, 2.45) is 0 Å². The van der Waals surface area contributed by atoms with Gasteiger partial charge in [-0.25, -0.2) is 4.79 Å². The van der Waals surface area contributed by atoms with Gasteiger partial charge >= 0.3 is 5.97 Å². The molecule has 0 spiro atoms. The molecule has 126 valence electrons. The molecule has 1 heterocycles. The van der Waals surface area contributed by atoms with Crippen LogP contribution in [0.3, 0.4) is 0 Å². The van der Waals surface area contributed by atoms with Gasteiger partial charge in [-0.2, -0.15) is 0 Å². The Kier molecular flexibility index (Phi) is 5.24. The second-order valence-corrected chi connectivity index (χ2v) is 5.90. The van der Waals surface area contributed by atoms with E-state index in [0.29, 0.717) is 17.9 Å². The van der Waals surface area contributed by atoms with Crippen molar-refractivity contribution in [3.05, 3.63) is 89.1 Å². The highest BCUT2D eigenvalue weighted by Gasteiger charge is 2.19. The van der Waals surface area contributed by atoms with Crippen LogP contribution >= 0.6 is 0 Å². The number of aryl methyl sites for hydroxylation is 1. The van der Waals surface area contributed by atoms with Crippen molar-refractivity contribution in [1.82, 2.24) is 4.98 Å². The third-order valence-corrected chi connectivity index (χ3v) is 4.02. The summed E-state index contributed by atoms with van der Waals surface area (Å²) >= 11 is 0. The zero-order valence-electron chi connectivity index (χ0n) is 14.5. The summed E-state index contributed by atoms with van der Waals surface area (Å²) in [5.74, 6) is -0.322. The summed E-state index contributed by atoms with van der Waals surface area (Å²) in [4.78, 5) is 17.3. The number of benzene rings is 2. The third kappa shape index (κ3) is 3.94. The molecule has 0 saturated carbocycles. The maximum absolute atomic E-state index is 12.5. The minimum Gasteiger partial charge on any atom is -0.462 e. The summed E-state index contributed by atoms with van der Waals surface area (Å²) in [6, 6.07) is 22.0. The van der Waals surface area contributed by atoms with Crippen LogP contribution < -0.4 is 0 Å². The molecule has 3 rings (SSSR count). The fourth-order valence-electron chi connectivity index (χ4n) is 2.90. The minimum atomic E-state index is -0.322. The summed E-state index contributed by atoms with van der Waals surface area (Å²) in [5, 5.41) is 0. The molecule has 0 aliphatic rings. The SMILES string of the molecule is CCOC(=O)c1c(C)cc(Cc2ccccc2)nc1-c1ccccc1. The van der Waals surface area contributed by atoms with Crippen molar-refractivity contribution in [3.8, 4) is 11.3 Å². The molecule has 0 N–H and O–H groups in total. The van der Waals surface area contributed by atoms with Crippen LogP contribution in [0.25, 0.3) is 11.3 Å². The summed E-state index contributed by atoms with van der Waals surface area (Å²) in [6.07, 6.45) is 0.727. The Labute approximate surface area is 148 Å². The molecule has 0 saturated heterocycles. The van der Waals surface area contributed by atoms with Crippen molar-refractivity contribution in [2.45, 2.75) is 20.3 Å². The van der Waals surface area contributed by atoms with Gasteiger partial charge in [0.2, 0.25) is 0 Å². The highest BCUT2D eigenvalue weighted by molar-refractivity contribution is 5.97. The van der Waals surface area contributed by atoms with Crippen LogP contribution in [-0.2, 0) is 11.2 Å². The molecule has 0 unspecified atom stereocenters. The van der Waals surface area contributed by atoms with Crippen molar-refractivity contribution in [3.63, 3.8) is 0 Å². The Bertz CT molecular complexity index is 858. The molecule has 0 fully saturated rings. The van der Waals surface area contributed by atoms with Gasteiger partial charge in [-0.05, 0) is 31.0 Å². The second kappa shape index (κ2) is 7.75. The van der Waals surface area contributed by atoms with E-state index in [1.165, 1.54) is 5.56 Å². The standard InChI is InChI=1S/C22H21NO2/c1-3-25-22(24)20-16(2)14-19(15-17-10-6-4-7-11-17)23-21(20)18-12-8-5-9-13-18/h4-14H,3,15H2,1-2H3. The van der Waals surface area contributed by atoms with E-state index in [2.05, 4.69) is 12.1 Å². The fourth-order valence-corrected chi connectivity index (χ4v) is 2.90. The molecule has 0 aliphatic carbocycles. The predicted molar refractivity (Wildman–Crippen MR) is 99.6 cm³/mol. The van der Waals surface area contributed by atoms with Crippen molar-refractivity contribution in [1.29, 1.82) is 0 Å². The molecule has 3 aromatic rings. The van der Waals surface area contributed by atoms with E-state index in [4.69, 9.17) is 9.72 Å². The average molecular weight is 331 g/mol. The maximum Gasteiger partial charge on any atom is 0.340 e. The summed E-state index contributed by atoms with van der Waals surface area (Å²) in [5.41, 5.74) is 5.17. The van der Waals surface area contributed by atoms with E-state index < -0.39 is 0 Å². The van der Waals surface area contributed by atoms with E-state index >= 15 is 0 Å². The molecular weight excluding hydrogens is 310 g/mol. The van der Waals surface area contributed by atoms with E-state index in [9.17, 15) is 4.79 Å². The smallest absolute Gasteiger partial charge is 0.340 e. The van der Waals surface area contributed by atoms with Crippen LogP contribution in [0.1, 0.15) is 34.1 Å². The van der Waals surface area contributed by atoms with E-state index in [-0.39, 0.29) is 5.97 Å². The van der Waals surface area contributed by atoms with Gasteiger partial charge in [0.05, 0.1) is 17.9 Å². The van der Waals surface area contributed by atoms with Crippen LogP contribution in [0.5, 0.6) is 0 Å². The van der Waals surface area contributed by atoms with Crippen molar-refractivity contribution in [2.75, 3.05) is 6.61 Å². The molecule has 2 aromatic carbocycles. The number of aromatic nitrogens is 1. The van der Waals surface area contributed by atoms with Gasteiger partial charge < -0.3 is 4.74 Å². The maximum atomic E-state index is 12.5. The molecule has 0 radical (unpaired) electrons. The first-order valence-electron chi connectivity index (χ1n) is 8.46. The van der Waals surface area contributed by atoms with Gasteiger partial charge in [0, 0.05) is 17.7 Å². The average Bonchev–Trinajstić information content (AvgIpc) is 2.63. The molecule has 1 aromatic heterocycles. The Morgan fingerprint density at radius 3 is 2.28 bits per heavy atom. The first kappa shape index (κ1) is 16.9. The van der Waals surface area contributed by atoms with Crippen LogP contribution in [0.2, 0.25) is 0 Å². The lowest BCUT2D eigenvalue weighted by Gasteiger charge is -2.14. The Morgan fingerprint density at radius 1 is 1.00 bits per heavy atom. The van der Waals surface area contributed by atoms with Gasteiger partial charge in [0.15, 0.2) is 0 Å². The number of hydrogen-bond donors (Lipinski definition) is 0. The molecule has 0 bridgehead atoms. The molecular formula is C22H21NO2. The number of carbonyl (C=O) groups excluding carboxylic acids is 1. The summed E-state index contributed by atoms with van der Waals surface area (Å²) in [7, 11) is 0. The topological polar surface area (TPSA) is 39.2 Å². The molecule has 0 aliphatic heterocycles. The first-order valence-corrected chi connectivity index (χ1v) is 8.46. The molecule has 3 heteroatoms. The van der Waals surface area contributed by atoms with Crippen LogP contribution in [0.15, 0.2) is 66.7 Å². The third-order valence-electron chi connectivity index (χ3n) is 4.02. The summed E-state index contributed by atoms with van der Waals surface area (Å²) in [6.45, 7) is 4.10. The van der Waals surface area contributed by atoms with Crippen LogP contribution in [0.4, 0.5) is 0 Å². The fraction of sp³-hybridized carbons (Fsp3) is 0.182. The zero-order chi connectivity index (χ0) is 17.6. The Balaban J connectivity index is 2.09. The number of nitrogens with zero attached hydrogens (tertiary/aromatic N) is 1. The van der Waals surface area contributed by atoms with Gasteiger partial charge in [0.1, 0.15) is 0 Å². The van der Waals surface area contributed by atoms with Crippen molar-refractivity contribution >= 4 is 5.97 Å². The normalized spacial score (nSPS) is 10.5. The molecule has 25 heavy (non-hydrogen) atoms. The van der Waals surface area contributed by atoms with Gasteiger partial charge in [-0.15, -0.1) is 0 Å². The number of carbonyl (C=O) groups is 1. The number of esters is 1. The van der Waals surface area contributed by atoms with Crippen LogP contribution in [0, 0.1) is 6.92 Å². The minimum absolute atomic E-state index is 0.322. The van der Waals surface area contributed by atoms with E-state index in [1.54, 1.807) is 0 Å². The molecule has 0 atom stereocenters. The predicted octanol–water partition coefficient (Wildman–Crippen LogP) is 4.82. The largest absolute Gasteiger partial charge is 0.462 e. The molecule has 3 nitrogen and oxygen atoms in total. The Morgan fingerprint density at radius 2 is 1.64 bits per heavy atom. The van der Waals surface area contributed by atoms with Crippen LogP contribution in [-0.4, -0.2) is 17.6 Å². The van der Waals surface area contributed by atoms with Gasteiger partial charge in [-0.3, -0.25) is 4.98 Å². The monoisotopic (exact) mass is 331 g/mol. The lowest BCUT2D eigenvalue weighted by atomic mass is 9.99. The van der Waals surface area contributed by atoms with E-state index in [0.717, 1.165) is 23.2 Å². The molecule has 0 amide bonds. The number of pyridine rings is 1. The van der Waals surface area contributed by atoms with Gasteiger partial charge in [0.25, 0.3) is 0 Å². The summed E-state index contributed by atoms with van der Waals surface area (Å²) < 4.78 is 5.25. The quantitative estimate of drug-likeness (QED) is 0.629. The van der Waals surface area contributed by atoms with Gasteiger partial charge in [-0.1, -0.05) is 60.7 Å². The highest BCUT2D eigenvalue weighted by Crippen LogP contribution is 2.26. The van der Waals surface area contributed by atoms with E-state index in [1.807, 2.05) is 68.4 Å². The lowest BCUT2D eigenvalue weighted by molar-refractivity contribution is 0.0526. The number of hydrogen-bond acceptors (Lipinski definition) is 3.